The van der Waals surface area contributed by atoms with Gasteiger partial charge < -0.3 is 0 Å². The van der Waals surface area contributed by atoms with Crippen molar-refractivity contribution in [2.24, 2.45) is 0 Å². The lowest BCUT2D eigenvalue weighted by Gasteiger charge is -2.08. The molecular formula is C13H14O. The molecule has 0 spiro atoms. The Bertz CT molecular complexity index is 374. The summed E-state index contributed by atoms with van der Waals surface area (Å²) in [7, 11) is 0. The topological polar surface area (TPSA) is 17.1 Å². The third kappa shape index (κ3) is 1.63. The quantitative estimate of drug-likeness (QED) is 0.616. The van der Waals surface area contributed by atoms with Crippen molar-refractivity contribution in [3.63, 3.8) is 0 Å². The minimum absolute atomic E-state index is 0.233. The molecule has 1 aliphatic carbocycles. The minimum Gasteiger partial charge on any atom is -0.295 e. The molecule has 0 aromatic heterocycles. The van der Waals surface area contributed by atoms with E-state index in [1.807, 2.05) is 0 Å². The van der Waals surface area contributed by atoms with Gasteiger partial charge in [-0.1, -0.05) is 36.4 Å². The number of benzene rings is 1. The van der Waals surface area contributed by atoms with Crippen LogP contribution in [0.5, 0.6) is 0 Å². The van der Waals surface area contributed by atoms with Crippen molar-refractivity contribution in [2.45, 2.75) is 25.7 Å². The Morgan fingerprint density at radius 3 is 2.71 bits per heavy atom. The van der Waals surface area contributed by atoms with Crippen molar-refractivity contribution in [2.75, 3.05) is 0 Å². The summed E-state index contributed by atoms with van der Waals surface area (Å²) in [4.78, 5) is 11.3. The molecule has 1 heteroatoms. The number of Topliss-reactive ketones (excluding diaryl/α,β-unsaturated/α-hetero) is 1. The number of carbonyl (C=O) groups is 1. The lowest BCUT2D eigenvalue weighted by atomic mass is 9.96. The van der Waals surface area contributed by atoms with Crippen molar-refractivity contribution in [1.82, 2.24) is 0 Å². The summed E-state index contributed by atoms with van der Waals surface area (Å²) < 4.78 is 0. The molecule has 14 heavy (non-hydrogen) atoms. The predicted octanol–water partition coefficient (Wildman–Crippen LogP) is 3.00. The lowest BCUT2D eigenvalue weighted by Crippen LogP contribution is -1.94. The summed E-state index contributed by atoms with van der Waals surface area (Å²) in [6.45, 7) is 5.86. The van der Waals surface area contributed by atoms with Crippen LogP contribution in [0.25, 0.3) is 0 Å². The van der Waals surface area contributed by atoms with Crippen LogP contribution in [0.1, 0.15) is 29.9 Å². The molecule has 0 N–H and O–H groups in total. The van der Waals surface area contributed by atoms with E-state index in [2.05, 4.69) is 37.8 Å². The minimum atomic E-state index is 0.233. The van der Waals surface area contributed by atoms with Crippen LogP contribution in [0.15, 0.2) is 36.4 Å². The fourth-order valence-corrected chi connectivity index (χ4v) is 2.01. The Balaban J connectivity index is 2.25. The molecule has 0 saturated heterocycles. The van der Waals surface area contributed by atoms with Crippen LogP contribution in [-0.2, 0) is 4.79 Å². The van der Waals surface area contributed by atoms with Gasteiger partial charge in [0.15, 0.2) is 5.78 Å². The number of hydrogen-bond acceptors (Lipinski definition) is 1. The van der Waals surface area contributed by atoms with Crippen molar-refractivity contribution in [3.05, 3.63) is 47.5 Å². The zero-order chi connectivity index (χ0) is 10.1. The zero-order valence-electron chi connectivity index (χ0n) is 8.42. The van der Waals surface area contributed by atoms with Gasteiger partial charge in [0.2, 0.25) is 0 Å². The second-order valence-electron chi connectivity index (χ2n) is 4.05. The molecular weight excluding hydrogens is 172 g/mol. The van der Waals surface area contributed by atoms with Gasteiger partial charge in [0.25, 0.3) is 0 Å². The van der Waals surface area contributed by atoms with Gasteiger partial charge in [0.1, 0.15) is 0 Å². The van der Waals surface area contributed by atoms with Gasteiger partial charge in [-0.05, 0) is 30.4 Å². The first kappa shape index (κ1) is 9.20. The Morgan fingerprint density at radius 1 is 1.36 bits per heavy atom. The summed E-state index contributed by atoms with van der Waals surface area (Å²) in [5.41, 5.74) is 3.32. The first-order valence-corrected chi connectivity index (χ1v) is 4.94. The average Bonchev–Trinajstić information content (AvgIpc) is 2.47. The van der Waals surface area contributed by atoms with Crippen LogP contribution in [0, 0.1) is 6.92 Å². The molecule has 1 fully saturated rings. The van der Waals surface area contributed by atoms with Crippen molar-refractivity contribution < 1.29 is 4.79 Å². The molecule has 1 saturated carbocycles. The highest BCUT2D eigenvalue weighted by Crippen LogP contribution is 2.34. The van der Waals surface area contributed by atoms with E-state index in [4.69, 9.17) is 0 Å². The number of carbonyl (C=O) groups excluding carboxylic acids is 1. The molecule has 1 aromatic carbocycles. The van der Waals surface area contributed by atoms with Gasteiger partial charge >= 0.3 is 0 Å². The van der Waals surface area contributed by atoms with Gasteiger partial charge in [0.05, 0.1) is 0 Å². The maximum absolute atomic E-state index is 11.3. The SMILES string of the molecule is C=C1CC(c2cccc(C)c2)CC1=O. The highest BCUT2D eigenvalue weighted by Gasteiger charge is 2.26. The van der Waals surface area contributed by atoms with E-state index in [1.165, 1.54) is 11.1 Å². The first-order chi connectivity index (χ1) is 6.66. The van der Waals surface area contributed by atoms with Crippen LogP contribution in [0.3, 0.4) is 0 Å². The van der Waals surface area contributed by atoms with Gasteiger partial charge in [-0.15, -0.1) is 0 Å². The maximum atomic E-state index is 11.3. The predicted molar refractivity (Wildman–Crippen MR) is 57.3 cm³/mol. The molecule has 1 aliphatic rings. The molecule has 1 unspecified atom stereocenters. The highest BCUT2D eigenvalue weighted by molar-refractivity contribution is 5.97. The lowest BCUT2D eigenvalue weighted by molar-refractivity contribution is -0.114. The third-order valence-electron chi connectivity index (χ3n) is 2.83. The molecule has 0 radical (unpaired) electrons. The van der Waals surface area contributed by atoms with Crippen LogP contribution in [0.4, 0.5) is 0 Å². The Kier molecular flexibility index (Phi) is 2.24. The Morgan fingerprint density at radius 2 is 2.14 bits per heavy atom. The van der Waals surface area contributed by atoms with E-state index < -0.39 is 0 Å². The van der Waals surface area contributed by atoms with Crippen molar-refractivity contribution in [3.8, 4) is 0 Å². The van der Waals surface area contributed by atoms with Crippen molar-refractivity contribution >= 4 is 5.78 Å². The highest BCUT2D eigenvalue weighted by atomic mass is 16.1. The van der Waals surface area contributed by atoms with Crippen LogP contribution >= 0.6 is 0 Å². The monoisotopic (exact) mass is 186 g/mol. The maximum Gasteiger partial charge on any atom is 0.158 e. The summed E-state index contributed by atoms with van der Waals surface area (Å²) in [6, 6.07) is 8.39. The summed E-state index contributed by atoms with van der Waals surface area (Å²) in [5, 5.41) is 0. The normalized spacial score (nSPS) is 21.6. The van der Waals surface area contributed by atoms with E-state index >= 15 is 0 Å². The second-order valence-corrected chi connectivity index (χ2v) is 4.05. The molecule has 1 atom stereocenters. The van der Waals surface area contributed by atoms with E-state index in [9.17, 15) is 4.79 Å². The average molecular weight is 186 g/mol. The van der Waals surface area contributed by atoms with Crippen molar-refractivity contribution in [1.29, 1.82) is 0 Å². The van der Waals surface area contributed by atoms with Crippen LogP contribution in [-0.4, -0.2) is 5.78 Å². The Hall–Kier alpha value is -1.37. The zero-order valence-corrected chi connectivity index (χ0v) is 8.42. The molecule has 1 nitrogen and oxygen atoms in total. The van der Waals surface area contributed by atoms with E-state index in [1.54, 1.807) is 0 Å². The number of aryl methyl sites for hydroxylation is 1. The van der Waals surface area contributed by atoms with Gasteiger partial charge in [-0.3, -0.25) is 4.79 Å². The number of hydrogen-bond donors (Lipinski definition) is 0. The van der Waals surface area contributed by atoms with E-state index in [0.29, 0.717) is 12.3 Å². The summed E-state index contributed by atoms with van der Waals surface area (Å²) in [6.07, 6.45) is 1.48. The number of allylic oxidation sites excluding steroid dienone is 1. The van der Waals surface area contributed by atoms with Gasteiger partial charge in [-0.25, -0.2) is 0 Å². The molecule has 2 rings (SSSR count). The molecule has 72 valence electrons. The fraction of sp³-hybridized carbons (Fsp3) is 0.308. The molecule has 0 bridgehead atoms. The van der Waals surface area contributed by atoms with E-state index in [-0.39, 0.29) is 5.78 Å². The fourth-order valence-electron chi connectivity index (χ4n) is 2.01. The summed E-state index contributed by atoms with van der Waals surface area (Å²) >= 11 is 0. The number of ketones is 1. The van der Waals surface area contributed by atoms with Gasteiger partial charge in [0, 0.05) is 6.42 Å². The molecule has 1 aromatic rings. The third-order valence-corrected chi connectivity index (χ3v) is 2.83. The van der Waals surface area contributed by atoms with Crippen LogP contribution < -0.4 is 0 Å². The summed E-state index contributed by atoms with van der Waals surface area (Å²) in [5.74, 6) is 0.603. The standard InChI is InChI=1S/C13H14O/c1-9-4-3-5-11(6-9)12-7-10(2)13(14)8-12/h3-6,12H,2,7-8H2,1H3. The molecule has 0 heterocycles. The number of rotatable bonds is 1. The molecule has 0 amide bonds. The largest absolute Gasteiger partial charge is 0.295 e. The van der Waals surface area contributed by atoms with Gasteiger partial charge in [-0.2, -0.15) is 0 Å². The molecule has 0 aliphatic heterocycles. The first-order valence-electron chi connectivity index (χ1n) is 4.94. The Labute approximate surface area is 84.5 Å². The smallest absolute Gasteiger partial charge is 0.158 e. The van der Waals surface area contributed by atoms with E-state index in [0.717, 1.165) is 12.0 Å². The second kappa shape index (κ2) is 3.41. The van der Waals surface area contributed by atoms with Crippen LogP contribution in [0.2, 0.25) is 0 Å².